The lowest BCUT2D eigenvalue weighted by atomic mass is 10.0. The molecule has 1 heterocycles. The molecule has 21 heavy (non-hydrogen) atoms. The van der Waals surface area contributed by atoms with Crippen LogP contribution in [-0.2, 0) is 9.59 Å². The Labute approximate surface area is 126 Å². The Kier molecular flexibility index (Phi) is 5.83. The normalized spacial score (nSPS) is 13.6. The van der Waals surface area contributed by atoms with Gasteiger partial charge in [-0.15, -0.1) is 11.3 Å². The lowest BCUT2D eigenvalue weighted by Crippen LogP contribution is -2.49. The zero-order chi connectivity index (χ0) is 16.2. The van der Waals surface area contributed by atoms with Gasteiger partial charge in [-0.3, -0.25) is 9.59 Å². The first-order valence-electron chi connectivity index (χ1n) is 6.48. The van der Waals surface area contributed by atoms with Gasteiger partial charge in [0.15, 0.2) is 5.69 Å². The molecule has 0 radical (unpaired) electrons. The molecule has 2 atom stereocenters. The summed E-state index contributed by atoms with van der Waals surface area (Å²) in [4.78, 5) is 38.0. The summed E-state index contributed by atoms with van der Waals surface area (Å²) in [7, 11) is 0. The zero-order valence-electron chi connectivity index (χ0n) is 12.3. The van der Waals surface area contributed by atoms with Crippen LogP contribution in [0.2, 0.25) is 0 Å². The number of hydrogen-bond acceptors (Lipinski definition) is 5. The van der Waals surface area contributed by atoms with Crippen molar-refractivity contribution in [2.45, 2.75) is 39.8 Å². The summed E-state index contributed by atoms with van der Waals surface area (Å²) >= 11 is 1.17. The van der Waals surface area contributed by atoms with Crippen LogP contribution >= 0.6 is 11.3 Å². The SMILES string of the molecule is CC(=O)NC(C(=O)NC(C)c1nc(C(=O)O)cs1)C(C)C. The highest BCUT2D eigenvalue weighted by Crippen LogP contribution is 2.18. The topological polar surface area (TPSA) is 108 Å². The van der Waals surface area contributed by atoms with Gasteiger partial charge in [-0.05, 0) is 12.8 Å². The molecule has 3 N–H and O–H groups in total. The minimum Gasteiger partial charge on any atom is -0.476 e. The molecule has 1 rings (SSSR count). The van der Waals surface area contributed by atoms with Crippen molar-refractivity contribution in [3.05, 3.63) is 16.1 Å². The van der Waals surface area contributed by atoms with Gasteiger partial charge in [0, 0.05) is 12.3 Å². The molecule has 0 saturated heterocycles. The average molecular weight is 313 g/mol. The molecule has 1 aromatic heterocycles. The third-order valence-corrected chi connectivity index (χ3v) is 3.81. The van der Waals surface area contributed by atoms with Gasteiger partial charge in [-0.2, -0.15) is 0 Å². The van der Waals surface area contributed by atoms with Crippen LogP contribution in [0.1, 0.15) is 49.2 Å². The van der Waals surface area contributed by atoms with E-state index in [2.05, 4.69) is 15.6 Å². The van der Waals surface area contributed by atoms with Gasteiger partial charge in [-0.25, -0.2) is 9.78 Å². The number of carboxylic acid groups (broad SMARTS) is 1. The van der Waals surface area contributed by atoms with Crippen molar-refractivity contribution in [3.8, 4) is 0 Å². The van der Waals surface area contributed by atoms with E-state index < -0.39 is 18.1 Å². The van der Waals surface area contributed by atoms with Crippen molar-refractivity contribution in [2.24, 2.45) is 5.92 Å². The van der Waals surface area contributed by atoms with E-state index in [0.29, 0.717) is 5.01 Å². The van der Waals surface area contributed by atoms with E-state index in [0.717, 1.165) is 0 Å². The highest BCUT2D eigenvalue weighted by molar-refractivity contribution is 7.09. The van der Waals surface area contributed by atoms with Gasteiger partial charge in [0.25, 0.3) is 0 Å². The Morgan fingerprint density at radius 3 is 2.29 bits per heavy atom. The maximum Gasteiger partial charge on any atom is 0.355 e. The molecule has 0 aliphatic carbocycles. The number of nitrogens with one attached hydrogen (secondary N) is 2. The summed E-state index contributed by atoms with van der Waals surface area (Å²) in [6, 6.07) is -1.06. The lowest BCUT2D eigenvalue weighted by molar-refractivity contribution is -0.129. The number of nitrogens with zero attached hydrogens (tertiary/aromatic N) is 1. The van der Waals surface area contributed by atoms with Crippen LogP contribution in [-0.4, -0.2) is 33.9 Å². The standard InChI is InChI=1S/C13H19N3O4S/c1-6(2)10(15-8(4)17)11(18)14-7(3)12-16-9(5-21-12)13(19)20/h5-7,10H,1-4H3,(H,14,18)(H,15,17)(H,19,20). The summed E-state index contributed by atoms with van der Waals surface area (Å²) in [6.45, 7) is 6.73. The molecule has 0 spiro atoms. The van der Waals surface area contributed by atoms with Crippen molar-refractivity contribution in [2.75, 3.05) is 0 Å². The molecule has 2 unspecified atom stereocenters. The van der Waals surface area contributed by atoms with Crippen molar-refractivity contribution in [1.82, 2.24) is 15.6 Å². The Hall–Kier alpha value is -1.96. The summed E-state index contributed by atoms with van der Waals surface area (Å²) in [6.07, 6.45) is 0. The van der Waals surface area contributed by atoms with Crippen molar-refractivity contribution in [3.63, 3.8) is 0 Å². The number of hydrogen-bond donors (Lipinski definition) is 3. The van der Waals surface area contributed by atoms with E-state index in [1.807, 2.05) is 13.8 Å². The molecule has 7 nitrogen and oxygen atoms in total. The predicted octanol–water partition coefficient (Wildman–Crippen LogP) is 1.18. The van der Waals surface area contributed by atoms with Gasteiger partial charge in [-0.1, -0.05) is 13.8 Å². The van der Waals surface area contributed by atoms with E-state index in [1.54, 1.807) is 6.92 Å². The minimum atomic E-state index is -1.10. The number of aromatic carboxylic acids is 1. The second-order valence-electron chi connectivity index (χ2n) is 5.03. The van der Waals surface area contributed by atoms with Crippen LogP contribution in [0.25, 0.3) is 0 Å². The first kappa shape index (κ1) is 17.1. The number of carboxylic acids is 1. The van der Waals surface area contributed by atoms with Gasteiger partial charge >= 0.3 is 5.97 Å². The molecule has 1 aromatic rings. The number of thiazole rings is 1. The highest BCUT2D eigenvalue weighted by Gasteiger charge is 2.25. The van der Waals surface area contributed by atoms with E-state index >= 15 is 0 Å². The summed E-state index contributed by atoms with van der Waals surface area (Å²) < 4.78 is 0. The fourth-order valence-electron chi connectivity index (χ4n) is 1.70. The number of carbonyl (C=O) groups excluding carboxylic acids is 2. The van der Waals surface area contributed by atoms with Crippen LogP contribution in [0, 0.1) is 5.92 Å². The molecular weight excluding hydrogens is 294 g/mol. The van der Waals surface area contributed by atoms with Gasteiger partial charge in [0.05, 0.1) is 6.04 Å². The first-order valence-corrected chi connectivity index (χ1v) is 7.36. The van der Waals surface area contributed by atoms with Crippen LogP contribution in [0.15, 0.2) is 5.38 Å². The van der Waals surface area contributed by atoms with Crippen molar-refractivity contribution in [1.29, 1.82) is 0 Å². The van der Waals surface area contributed by atoms with Gasteiger partial charge in [0.2, 0.25) is 11.8 Å². The summed E-state index contributed by atoms with van der Waals surface area (Å²) in [5.74, 6) is -1.76. The molecule has 0 fully saturated rings. The second kappa shape index (κ2) is 7.16. The molecule has 116 valence electrons. The largest absolute Gasteiger partial charge is 0.476 e. The van der Waals surface area contributed by atoms with Crippen LogP contribution in [0.5, 0.6) is 0 Å². The quantitative estimate of drug-likeness (QED) is 0.731. The number of rotatable bonds is 6. The fraction of sp³-hybridized carbons (Fsp3) is 0.538. The molecule has 0 saturated carbocycles. The lowest BCUT2D eigenvalue weighted by Gasteiger charge is -2.22. The molecule has 8 heteroatoms. The minimum absolute atomic E-state index is 0.0432. The first-order chi connectivity index (χ1) is 9.72. The summed E-state index contributed by atoms with van der Waals surface area (Å²) in [5.41, 5.74) is -0.0432. The number of carbonyl (C=O) groups is 3. The van der Waals surface area contributed by atoms with E-state index in [4.69, 9.17) is 5.11 Å². The maximum atomic E-state index is 12.2. The third kappa shape index (κ3) is 4.82. The highest BCUT2D eigenvalue weighted by atomic mass is 32.1. The molecule has 0 aliphatic rings. The average Bonchev–Trinajstić information content (AvgIpc) is 2.84. The van der Waals surface area contributed by atoms with E-state index in [-0.39, 0.29) is 23.4 Å². The molecule has 2 amide bonds. The van der Waals surface area contributed by atoms with Crippen molar-refractivity contribution < 1.29 is 19.5 Å². The van der Waals surface area contributed by atoms with E-state index in [1.165, 1.54) is 23.6 Å². The second-order valence-corrected chi connectivity index (χ2v) is 5.92. The Balaban J connectivity index is 2.75. The Bertz CT molecular complexity index is 541. The summed E-state index contributed by atoms with van der Waals surface area (Å²) in [5, 5.41) is 16.1. The molecular formula is C13H19N3O4S. The molecule has 0 bridgehead atoms. The van der Waals surface area contributed by atoms with E-state index in [9.17, 15) is 14.4 Å². The van der Waals surface area contributed by atoms with Gasteiger partial charge in [0.1, 0.15) is 11.0 Å². The van der Waals surface area contributed by atoms with Gasteiger partial charge < -0.3 is 15.7 Å². The Morgan fingerprint density at radius 1 is 1.24 bits per heavy atom. The van der Waals surface area contributed by atoms with Crippen LogP contribution < -0.4 is 10.6 Å². The van der Waals surface area contributed by atoms with Crippen LogP contribution in [0.3, 0.4) is 0 Å². The van der Waals surface area contributed by atoms with Crippen LogP contribution in [0.4, 0.5) is 0 Å². The number of amides is 2. The number of aromatic nitrogens is 1. The zero-order valence-corrected chi connectivity index (χ0v) is 13.2. The molecule has 0 aliphatic heterocycles. The predicted molar refractivity (Wildman–Crippen MR) is 78.1 cm³/mol. The monoisotopic (exact) mass is 313 g/mol. The third-order valence-electron chi connectivity index (χ3n) is 2.78. The Morgan fingerprint density at radius 2 is 1.86 bits per heavy atom. The fourth-order valence-corrected chi connectivity index (χ4v) is 2.50. The smallest absolute Gasteiger partial charge is 0.355 e. The molecule has 0 aromatic carbocycles. The van der Waals surface area contributed by atoms with Crippen molar-refractivity contribution >= 4 is 29.1 Å². The maximum absolute atomic E-state index is 12.2.